The van der Waals surface area contributed by atoms with E-state index in [1.807, 2.05) is 61.2 Å². The summed E-state index contributed by atoms with van der Waals surface area (Å²) in [5.41, 5.74) is 7.93. The molecule has 230 valence electrons. The van der Waals surface area contributed by atoms with Crippen molar-refractivity contribution in [1.29, 1.82) is 0 Å². The topological polar surface area (TPSA) is 119 Å². The number of benzene rings is 2. The highest BCUT2D eigenvalue weighted by Gasteiger charge is 2.16. The number of unbranched alkanes of at least 4 members (excludes halogenated alkanes) is 1. The van der Waals surface area contributed by atoms with Gasteiger partial charge in [-0.25, -0.2) is 9.97 Å². The lowest BCUT2D eigenvalue weighted by atomic mass is 10.1. The van der Waals surface area contributed by atoms with E-state index in [1.165, 1.54) is 0 Å². The number of rotatable bonds is 18. The molecule has 4 rings (SSSR count). The van der Waals surface area contributed by atoms with Crippen molar-refractivity contribution in [2.75, 3.05) is 35.0 Å². The summed E-state index contributed by atoms with van der Waals surface area (Å²) in [5, 5.41) is 0. The normalized spacial score (nSPS) is 11.9. The Bertz CT molecular complexity index is 1310. The maximum atomic E-state index is 11.0. The van der Waals surface area contributed by atoms with Gasteiger partial charge in [0.2, 0.25) is 0 Å². The van der Waals surface area contributed by atoms with E-state index in [9.17, 15) is 4.79 Å². The molecule has 0 radical (unpaired) electrons. The number of nitrogens with two attached hydrogens (primary N) is 1. The van der Waals surface area contributed by atoms with Gasteiger partial charge in [-0.15, -0.1) is 0 Å². The molecule has 2 aromatic heterocycles. The summed E-state index contributed by atoms with van der Waals surface area (Å²) < 4.78 is 26.1. The standard InChI is InChI=1S/C32H42N6O5/c1-40-27-13-24(14-28(17-27)41-2)19-37-11-8-34-31(37)21-36(10-6-5-7-26(33)23-39)22-32-35-9-12-38(32)20-25-15-29(42-3)18-30(16-25)43-4/h8-9,11-18,23,26H,5-7,10,19-22,33H2,1-4H3. The zero-order chi connectivity index (χ0) is 30.6. The van der Waals surface area contributed by atoms with Crippen LogP contribution in [0.15, 0.2) is 61.2 Å². The Balaban J connectivity index is 1.52. The van der Waals surface area contributed by atoms with Crippen molar-refractivity contribution in [1.82, 2.24) is 24.0 Å². The molecule has 11 nitrogen and oxygen atoms in total. The Morgan fingerprint density at radius 2 is 1.19 bits per heavy atom. The molecule has 0 spiro atoms. The third kappa shape index (κ3) is 9.07. The molecule has 0 aliphatic carbocycles. The summed E-state index contributed by atoms with van der Waals surface area (Å²) in [6.07, 6.45) is 10.8. The van der Waals surface area contributed by atoms with Gasteiger partial charge in [0, 0.05) is 50.0 Å². The van der Waals surface area contributed by atoms with Crippen LogP contribution in [0.5, 0.6) is 23.0 Å². The summed E-state index contributed by atoms with van der Waals surface area (Å²) >= 11 is 0. The maximum Gasteiger partial charge on any atom is 0.136 e. The van der Waals surface area contributed by atoms with Crippen molar-refractivity contribution in [2.24, 2.45) is 5.73 Å². The first-order valence-corrected chi connectivity index (χ1v) is 14.3. The van der Waals surface area contributed by atoms with Crippen LogP contribution < -0.4 is 24.7 Å². The van der Waals surface area contributed by atoms with Crippen LogP contribution in [0.3, 0.4) is 0 Å². The molecule has 0 aliphatic rings. The Kier molecular flexibility index (Phi) is 11.6. The van der Waals surface area contributed by atoms with Crippen LogP contribution in [-0.4, -0.2) is 71.3 Å². The minimum absolute atomic E-state index is 0.425. The van der Waals surface area contributed by atoms with Gasteiger partial charge in [0.1, 0.15) is 40.9 Å². The summed E-state index contributed by atoms with van der Waals surface area (Å²) in [5.74, 6) is 4.83. The molecule has 1 unspecified atom stereocenters. The van der Waals surface area contributed by atoms with Gasteiger partial charge in [-0.05, 0) is 54.8 Å². The summed E-state index contributed by atoms with van der Waals surface area (Å²) in [7, 11) is 6.59. The highest BCUT2D eigenvalue weighted by molar-refractivity contribution is 5.56. The summed E-state index contributed by atoms with van der Waals surface area (Å²) in [4.78, 5) is 22.7. The molecule has 0 saturated heterocycles. The average molecular weight is 591 g/mol. The fourth-order valence-electron chi connectivity index (χ4n) is 4.98. The zero-order valence-electron chi connectivity index (χ0n) is 25.4. The molecule has 4 aromatic rings. The molecule has 2 N–H and O–H groups in total. The van der Waals surface area contributed by atoms with Crippen molar-refractivity contribution in [2.45, 2.75) is 51.5 Å². The predicted molar refractivity (Wildman–Crippen MR) is 164 cm³/mol. The first kappa shape index (κ1) is 31.6. The second-order valence-corrected chi connectivity index (χ2v) is 10.4. The first-order chi connectivity index (χ1) is 20.9. The Hall–Kier alpha value is -4.35. The van der Waals surface area contributed by atoms with Gasteiger partial charge in [0.15, 0.2) is 0 Å². The van der Waals surface area contributed by atoms with Crippen molar-refractivity contribution < 1.29 is 23.7 Å². The molecule has 0 saturated carbocycles. The van der Waals surface area contributed by atoms with Crippen LogP contribution in [0.25, 0.3) is 0 Å². The number of ether oxygens (including phenoxy) is 4. The fourth-order valence-corrected chi connectivity index (χ4v) is 4.98. The Morgan fingerprint density at radius 1 is 0.744 bits per heavy atom. The molecule has 2 aromatic carbocycles. The fraction of sp³-hybridized carbons (Fsp3) is 0.406. The Morgan fingerprint density at radius 3 is 1.58 bits per heavy atom. The number of carbonyl (C=O) groups excluding carboxylic acids is 1. The quantitative estimate of drug-likeness (QED) is 0.136. The number of methoxy groups -OCH3 is 4. The third-order valence-corrected chi connectivity index (χ3v) is 7.30. The highest BCUT2D eigenvalue weighted by Crippen LogP contribution is 2.25. The maximum absolute atomic E-state index is 11.0. The number of aromatic nitrogens is 4. The van der Waals surface area contributed by atoms with E-state index in [1.54, 1.807) is 28.4 Å². The summed E-state index contributed by atoms with van der Waals surface area (Å²) in [6, 6.07) is 11.3. The smallest absolute Gasteiger partial charge is 0.136 e. The lowest BCUT2D eigenvalue weighted by Gasteiger charge is -2.23. The molecule has 2 heterocycles. The minimum Gasteiger partial charge on any atom is -0.497 e. The largest absolute Gasteiger partial charge is 0.497 e. The van der Waals surface area contributed by atoms with Crippen molar-refractivity contribution >= 4 is 6.29 Å². The van der Waals surface area contributed by atoms with Crippen LogP contribution in [0.4, 0.5) is 0 Å². The van der Waals surface area contributed by atoms with Crippen molar-refractivity contribution in [3.05, 3.63) is 84.0 Å². The van der Waals surface area contributed by atoms with Crippen molar-refractivity contribution in [3.63, 3.8) is 0 Å². The van der Waals surface area contributed by atoms with Crippen LogP contribution >= 0.6 is 0 Å². The molecule has 11 heteroatoms. The number of imidazole rings is 2. The molecule has 1 atom stereocenters. The molecule has 0 aliphatic heterocycles. The molecule has 0 bridgehead atoms. The first-order valence-electron chi connectivity index (χ1n) is 14.3. The molecular weight excluding hydrogens is 548 g/mol. The second-order valence-electron chi connectivity index (χ2n) is 10.4. The van der Waals surface area contributed by atoms with Gasteiger partial charge in [0.05, 0.1) is 47.6 Å². The van der Waals surface area contributed by atoms with E-state index >= 15 is 0 Å². The monoisotopic (exact) mass is 590 g/mol. The van der Waals surface area contributed by atoms with E-state index in [-0.39, 0.29) is 0 Å². The van der Waals surface area contributed by atoms with Crippen molar-refractivity contribution in [3.8, 4) is 23.0 Å². The highest BCUT2D eigenvalue weighted by atomic mass is 16.5. The molecule has 43 heavy (non-hydrogen) atoms. The third-order valence-electron chi connectivity index (χ3n) is 7.30. The molecule has 0 fully saturated rings. The van der Waals surface area contributed by atoms with Crippen LogP contribution in [0.1, 0.15) is 42.0 Å². The van der Waals surface area contributed by atoms with E-state index < -0.39 is 6.04 Å². The lowest BCUT2D eigenvalue weighted by molar-refractivity contribution is -0.109. The van der Waals surface area contributed by atoms with E-state index in [0.717, 1.165) is 71.4 Å². The van der Waals surface area contributed by atoms with Gasteiger partial charge in [-0.1, -0.05) is 6.42 Å². The summed E-state index contributed by atoms with van der Waals surface area (Å²) in [6.45, 7) is 3.28. The van der Waals surface area contributed by atoms with Gasteiger partial charge in [0.25, 0.3) is 0 Å². The number of aldehydes is 1. The van der Waals surface area contributed by atoms with E-state index in [4.69, 9.17) is 34.6 Å². The minimum atomic E-state index is -0.425. The van der Waals surface area contributed by atoms with E-state index in [0.29, 0.717) is 32.6 Å². The Labute approximate surface area is 253 Å². The van der Waals surface area contributed by atoms with Crippen LogP contribution in [-0.2, 0) is 31.0 Å². The number of nitrogens with zero attached hydrogens (tertiary/aromatic N) is 5. The molecule has 0 amide bonds. The number of hydrogen-bond donors (Lipinski definition) is 1. The number of carbonyl (C=O) groups is 1. The molecular formula is C32H42N6O5. The van der Waals surface area contributed by atoms with Gasteiger partial charge in [-0.2, -0.15) is 0 Å². The van der Waals surface area contributed by atoms with Gasteiger partial charge >= 0.3 is 0 Å². The van der Waals surface area contributed by atoms with Crippen LogP contribution in [0, 0.1) is 0 Å². The SMILES string of the molecule is COc1cc(Cn2ccnc2CN(CCCCC(N)C=O)Cc2nccn2Cc2cc(OC)cc(OC)c2)cc(OC)c1. The van der Waals surface area contributed by atoms with Gasteiger partial charge in [-0.3, -0.25) is 4.90 Å². The predicted octanol–water partition coefficient (Wildman–Crippen LogP) is 3.91. The van der Waals surface area contributed by atoms with Gasteiger partial charge < -0.3 is 38.6 Å². The van der Waals surface area contributed by atoms with Crippen LogP contribution in [0.2, 0.25) is 0 Å². The second kappa shape index (κ2) is 15.8. The van der Waals surface area contributed by atoms with E-state index in [2.05, 4.69) is 14.0 Å². The zero-order valence-corrected chi connectivity index (χ0v) is 25.4. The lowest BCUT2D eigenvalue weighted by Crippen LogP contribution is -2.28. The number of hydrogen-bond acceptors (Lipinski definition) is 9. The average Bonchev–Trinajstić information content (AvgIpc) is 3.66.